The van der Waals surface area contributed by atoms with Crippen LogP contribution in [0, 0.1) is 4.78 Å². The molecule has 1 N–H and O–H groups in total. The average molecular weight is 258 g/mol. The molecule has 0 fully saturated rings. The van der Waals surface area contributed by atoms with Crippen LogP contribution in [-0.4, -0.2) is 4.21 Å². The first-order chi connectivity index (χ1) is 7.10. The van der Waals surface area contributed by atoms with Gasteiger partial charge in [0, 0.05) is 5.02 Å². The van der Waals surface area contributed by atoms with Crippen LogP contribution in [0.4, 0.5) is 0 Å². The molecule has 0 bridgehead atoms. The largest absolute Gasteiger partial charge is 0.244 e. The molecule has 1 aromatic heterocycles. The minimum Gasteiger partial charge on any atom is -0.244 e. The molecule has 1 aromatic carbocycles. The lowest BCUT2D eigenvalue weighted by Gasteiger charge is -2.04. The average Bonchev–Trinajstić information content (AvgIpc) is 2.71. The Morgan fingerprint density at radius 1 is 1.20 bits per heavy atom. The summed E-state index contributed by atoms with van der Waals surface area (Å²) in [5, 5.41) is 2.40. The van der Waals surface area contributed by atoms with Crippen LogP contribution < -0.4 is 0 Å². The number of hydrogen-bond donors (Lipinski definition) is 1. The lowest BCUT2D eigenvalue weighted by molar-refractivity contribution is 0.676. The van der Waals surface area contributed by atoms with Crippen LogP contribution in [0.15, 0.2) is 50.9 Å². The topological polar surface area (TPSA) is 40.9 Å². The van der Waals surface area contributed by atoms with Gasteiger partial charge in [-0.3, -0.25) is 0 Å². The van der Waals surface area contributed by atoms with Crippen molar-refractivity contribution >= 4 is 32.7 Å². The van der Waals surface area contributed by atoms with Gasteiger partial charge in [0.25, 0.3) is 0 Å². The van der Waals surface area contributed by atoms with Crippen LogP contribution in [-0.2, 0) is 9.73 Å². The standard InChI is InChI=1S/C10H8ClNOS2/c11-8-3-5-9(6-4-8)15(12,13)10-2-1-7-14-10/h1-7,12H/t15-/m0/s1. The summed E-state index contributed by atoms with van der Waals surface area (Å²) in [6, 6.07) is 10.1. The molecule has 0 aliphatic rings. The maximum atomic E-state index is 12.2. The van der Waals surface area contributed by atoms with Crippen molar-refractivity contribution < 1.29 is 4.21 Å². The Balaban J connectivity index is 2.52. The van der Waals surface area contributed by atoms with E-state index in [2.05, 4.69) is 0 Å². The van der Waals surface area contributed by atoms with Crippen molar-refractivity contribution in [2.75, 3.05) is 0 Å². The Morgan fingerprint density at radius 3 is 2.40 bits per heavy atom. The molecule has 15 heavy (non-hydrogen) atoms. The monoisotopic (exact) mass is 257 g/mol. The van der Waals surface area contributed by atoms with Gasteiger partial charge < -0.3 is 0 Å². The number of nitrogens with one attached hydrogen (secondary N) is 1. The van der Waals surface area contributed by atoms with Gasteiger partial charge in [0.2, 0.25) is 0 Å². The molecule has 2 nitrogen and oxygen atoms in total. The summed E-state index contributed by atoms with van der Waals surface area (Å²) in [5.41, 5.74) is 0. The highest BCUT2D eigenvalue weighted by Crippen LogP contribution is 2.26. The van der Waals surface area contributed by atoms with Crippen molar-refractivity contribution in [1.82, 2.24) is 0 Å². The normalized spacial score (nSPS) is 14.7. The highest BCUT2D eigenvalue weighted by atomic mass is 35.5. The molecule has 0 spiro atoms. The maximum absolute atomic E-state index is 12.2. The highest BCUT2D eigenvalue weighted by molar-refractivity contribution is 7.94. The summed E-state index contributed by atoms with van der Waals surface area (Å²) in [4.78, 5) is 0.495. The Bertz CT molecular complexity index is 544. The zero-order valence-electron chi connectivity index (χ0n) is 7.64. The molecule has 0 unspecified atom stereocenters. The quantitative estimate of drug-likeness (QED) is 0.872. The lowest BCUT2D eigenvalue weighted by Crippen LogP contribution is -1.96. The van der Waals surface area contributed by atoms with E-state index in [0.717, 1.165) is 0 Å². The van der Waals surface area contributed by atoms with Crippen molar-refractivity contribution in [2.45, 2.75) is 9.10 Å². The molecule has 0 saturated carbocycles. The summed E-state index contributed by atoms with van der Waals surface area (Å²) < 4.78 is 20.7. The predicted octanol–water partition coefficient (Wildman–Crippen LogP) is 3.87. The van der Waals surface area contributed by atoms with E-state index >= 15 is 0 Å². The van der Waals surface area contributed by atoms with Gasteiger partial charge in [-0.05, 0) is 35.7 Å². The van der Waals surface area contributed by atoms with E-state index < -0.39 is 9.73 Å². The van der Waals surface area contributed by atoms with Crippen LogP contribution in [0.2, 0.25) is 5.02 Å². The Labute approximate surface area is 97.5 Å². The lowest BCUT2D eigenvalue weighted by atomic mass is 10.4. The van der Waals surface area contributed by atoms with Gasteiger partial charge in [0.15, 0.2) is 0 Å². The SMILES string of the molecule is N=[S@](=O)(c1ccc(Cl)cc1)c1cccs1. The second-order valence-corrected chi connectivity index (χ2v) is 6.61. The van der Waals surface area contributed by atoms with E-state index in [1.807, 2.05) is 5.38 Å². The van der Waals surface area contributed by atoms with Crippen LogP contribution in [0.5, 0.6) is 0 Å². The summed E-state index contributed by atoms with van der Waals surface area (Å²) in [6.45, 7) is 0. The molecule has 1 heterocycles. The van der Waals surface area contributed by atoms with Crippen molar-refractivity contribution in [3.63, 3.8) is 0 Å². The van der Waals surface area contributed by atoms with E-state index in [4.69, 9.17) is 16.4 Å². The zero-order chi connectivity index (χ0) is 10.9. The van der Waals surface area contributed by atoms with Crippen molar-refractivity contribution in [3.8, 4) is 0 Å². The fraction of sp³-hybridized carbons (Fsp3) is 0. The van der Waals surface area contributed by atoms with Gasteiger partial charge in [-0.25, -0.2) is 8.99 Å². The third-order valence-corrected chi connectivity index (χ3v) is 5.47. The van der Waals surface area contributed by atoms with Crippen LogP contribution in [0.3, 0.4) is 0 Å². The van der Waals surface area contributed by atoms with E-state index in [1.165, 1.54) is 11.3 Å². The fourth-order valence-corrected chi connectivity index (χ4v) is 3.76. The maximum Gasteiger partial charge on any atom is 0.111 e. The molecular weight excluding hydrogens is 250 g/mol. The summed E-state index contributed by atoms with van der Waals surface area (Å²) in [7, 11) is -2.85. The fourth-order valence-electron chi connectivity index (χ4n) is 1.17. The number of halogens is 1. The summed E-state index contributed by atoms with van der Waals surface area (Å²) in [6.07, 6.45) is 0. The first-order valence-corrected chi connectivity index (χ1v) is 7.00. The second-order valence-electron chi connectivity index (χ2n) is 2.94. The molecule has 0 aliphatic heterocycles. The Hall–Kier alpha value is -0.840. The Kier molecular flexibility index (Phi) is 2.82. The summed E-state index contributed by atoms with van der Waals surface area (Å²) in [5.74, 6) is 0. The van der Waals surface area contributed by atoms with Crippen molar-refractivity contribution in [1.29, 1.82) is 4.78 Å². The second kappa shape index (κ2) is 3.96. The molecule has 0 aliphatic carbocycles. The minimum atomic E-state index is -2.85. The molecule has 1 atom stereocenters. The number of benzene rings is 1. The molecule has 5 heteroatoms. The van der Waals surface area contributed by atoms with E-state index in [1.54, 1.807) is 36.4 Å². The van der Waals surface area contributed by atoms with Crippen LogP contribution >= 0.6 is 22.9 Å². The van der Waals surface area contributed by atoms with Gasteiger partial charge in [-0.2, -0.15) is 0 Å². The molecule has 2 rings (SSSR count). The van der Waals surface area contributed by atoms with Gasteiger partial charge in [-0.15, -0.1) is 11.3 Å². The number of rotatable bonds is 2. The molecule has 0 amide bonds. The molecule has 0 saturated heterocycles. The van der Waals surface area contributed by atoms with Crippen molar-refractivity contribution in [3.05, 3.63) is 46.8 Å². The zero-order valence-corrected chi connectivity index (χ0v) is 10.0. The summed E-state index contributed by atoms with van der Waals surface area (Å²) >= 11 is 7.07. The van der Waals surface area contributed by atoms with E-state index in [-0.39, 0.29) is 0 Å². The number of thiophene rings is 1. The van der Waals surface area contributed by atoms with Gasteiger partial charge >= 0.3 is 0 Å². The molecule has 2 aromatic rings. The third-order valence-electron chi connectivity index (χ3n) is 1.92. The van der Waals surface area contributed by atoms with Gasteiger partial charge in [0.05, 0.1) is 4.90 Å². The highest BCUT2D eigenvalue weighted by Gasteiger charge is 2.13. The van der Waals surface area contributed by atoms with Crippen molar-refractivity contribution in [2.24, 2.45) is 0 Å². The first kappa shape index (κ1) is 10.7. The molecule has 0 radical (unpaired) electrons. The van der Waals surface area contributed by atoms with E-state index in [0.29, 0.717) is 14.1 Å². The van der Waals surface area contributed by atoms with Gasteiger partial charge in [0.1, 0.15) is 13.9 Å². The molecular formula is C10H8ClNOS2. The molecule has 78 valence electrons. The first-order valence-electron chi connectivity index (χ1n) is 4.18. The van der Waals surface area contributed by atoms with Crippen LogP contribution in [0.1, 0.15) is 0 Å². The van der Waals surface area contributed by atoms with Crippen LogP contribution in [0.25, 0.3) is 0 Å². The third kappa shape index (κ3) is 2.07. The number of hydrogen-bond acceptors (Lipinski definition) is 3. The Morgan fingerprint density at radius 2 is 1.87 bits per heavy atom. The van der Waals surface area contributed by atoms with E-state index in [9.17, 15) is 4.21 Å². The minimum absolute atomic E-state index is 0.495. The smallest absolute Gasteiger partial charge is 0.111 e. The predicted molar refractivity (Wildman–Crippen MR) is 63.2 cm³/mol. The van der Waals surface area contributed by atoms with Gasteiger partial charge in [-0.1, -0.05) is 17.7 Å².